The Bertz CT molecular complexity index is 286. The largest absolute Gasteiger partial charge is 0.508 e. The molecule has 0 aliphatic rings. The first-order chi connectivity index (χ1) is 6.66. The molecule has 0 aliphatic carbocycles. The number of rotatable bonds is 4. The number of nitrogens with zero attached hydrogens (tertiary/aromatic N) is 1. The predicted molar refractivity (Wildman–Crippen MR) is 56.2 cm³/mol. The molecule has 0 amide bonds. The fourth-order valence-electron chi connectivity index (χ4n) is 1.58. The molecular formula is C11H17NO2. The topological polar surface area (TPSA) is 43.7 Å². The Balaban J connectivity index is 2.93. The van der Waals surface area contributed by atoms with Gasteiger partial charge in [0.2, 0.25) is 0 Å². The van der Waals surface area contributed by atoms with Crippen molar-refractivity contribution in [2.75, 3.05) is 20.7 Å². The molecule has 0 aliphatic heterocycles. The first kappa shape index (κ1) is 11.0. The van der Waals surface area contributed by atoms with E-state index in [-0.39, 0.29) is 12.6 Å². The Morgan fingerprint density at radius 2 is 1.93 bits per heavy atom. The van der Waals surface area contributed by atoms with E-state index in [1.54, 1.807) is 12.1 Å². The SMILES string of the molecule is CN(C)C(CCO)c1ccccc1O. The molecule has 1 rings (SSSR count). The highest BCUT2D eigenvalue weighted by Gasteiger charge is 2.16. The van der Waals surface area contributed by atoms with E-state index in [0.717, 1.165) is 5.56 Å². The van der Waals surface area contributed by atoms with E-state index in [1.807, 2.05) is 31.1 Å². The lowest BCUT2D eigenvalue weighted by atomic mass is 10.0. The van der Waals surface area contributed by atoms with E-state index in [2.05, 4.69) is 0 Å². The summed E-state index contributed by atoms with van der Waals surface area (Å²) >= 11 is 0. The molecule has 0 bridgehead atoms. The first-order valence-corrected chi connectivity index (χ1v) is 4.72. The molecule has 3 heteroatoms. The van der Waals surface area contributed by atoms with Crippen LogP contribution in [0.1, 0.15) is 18.0 Å². The van der Waals surface area contributed by atoms with Gasteiger partial charge in [0.05, 0.1) is 0 Å². The summed E-state index contributed by atoms with van der Waals surface area (Å²) in [5, 5.41) is 18.6. The highest BCUT2D eigenvalue weighted by atomic mass is 16.3. The summed E-state index contributed by atoms with van der Waals surface area (Å²) in [6.07, 6.45) is 0.630. The van der Waals surface area contributed by atoms with Gasteiger partial charge in [-0.25, -0.2) is 0 Å². The van der Waals surface area contributed by atoms with E-state index >= 15 is 0 Å². The lowest BCUT2D eigenvalue weighted by Gasteiger charge is -2.24. The minimum absolute atomic E-state index is 0.0706. The molecule has 1 aromatic rings. The zero-order chi connectivity index (χ0) is 10.6. The number of para-hydroxylation sites is 1. The number of aliphatic hydroxyl groups is 1. The van der Waals surface area contributed by atoms with Crippen LogP contribution in [0, 0.1) is 0 Å². The van der Waals surface area contributed by atoms with Gasteiger partial charge in [-0.2, -0.15) is 0 Å². The minimum Gasteiger partial charge on any atom is -0.508 e. The van der Waals surface area contributed by atoms with Gasteiger partial charge in [-0.15, -0.1) is 0 Å². The highest BCUT2D eigenvalue weighted by molar-refractivity contribution is 5.34. The molecule has 2 N–H and O–H groups in total. The number of phenols is 1. The van der Waals surface area contributed by atoms with Gasteiger partial charge in [0.15, 0.2) is 0 Å². The fourth-order valence-corrected chi connectivity index (χ4v) is 1.58. The quantitative estimate of drug-likeness (QED) is 0.762. The van der Waals surface area contributed by atoms with Crippen LogP contribution in [0.5, 0.6) is 5.75 Å². The standard InChI is InChI=1S/C11H17NO2/c1-12(2)10(7-8-13)9-5-3-4-6-11(9)14/h3-6,10,13-14H,7-8H2,1-2H3. The van der Waals surface area contributed by atoms with Gasteiger partial charge in [0.25, 0.3) is 0 Å². The molecule has 0 spiro atoms. The van der Waals surface area contributed by atoms with Crippen molar-refractivity contribution in [3.8, 4) is 5.75 Å². The Hall–Kier alpha value is -1.06. The molecule has 14 heavy (non-hydrogen) atoms. The Morgan fingerprint density at radius 3 is 2.43 bits per heavy atom. The smallest absolute Gasteiger partial charge is 0.120 e. The lowest BCUT2D eigenvalue weighted by Crippen LogP contribution is -2.21. The van der Waals surface area contributed by atoms with Gasteiger partial charge in [0, 0.05) is 18.2 Å². The molecule has 0 saturated carbocycles. The van der Waals surface area contributed by atoms with Crippen molar-refractivity contribution in [1.29, 1.82) is 0 Å². The van der Waals surface area contributed by atoms with Crippen molar-refractivity contribution in [1.82, 2.24) is 4.90 Å². The first-order valence-electron chi connectivity index (χ1n) is 4.72. The number of phenolic OH excluding ortho intramolecular Hbond substituents is 1. The van der Waals surface area contributed by atoms with Gasteiger partial charge in [-0.1, -0.05) is 18.2 Å². The molecule has 0 fully saturated rings. The van der Waals surface area contributed by atoms with Crippen LogP contribution in [0.25, 0.3) is 0 Å². The molecule has 1 atom stereocenters. The highest BCUT2D eigenvalue weighted by Crippen LogP contribution is 2.28. The normalized spacial score (nSPS) is 13.1. The average Bonchev–Trinajstić information content (AvgIpc) is 2.15. The second kappa shape index (κ2) is 4.98. The van der Waals surface area contributed by atoms with E-state index in [9.17, 15) is 5.11 Å². The van der Waals surface area contributed by atoms with Crippen LogP contribution in [0.2, 0.25) is 0 Å². The van der Waals surface area contributed by atoms with Crippen molar-refractivity contribution in [2.45, 2.75) is 12.5 Å². The van der Waals surface area contributed by atoms with Crippen molar-refractivity contribution in [2.24, 2.45) is 0 Å². The number of benzene rings is 1. The summed E-state index contributed by atoms with van der Waals surface area (Å²) < 4.78 is 0. The predicted octanol–water partition coefficient (Wildman–Crippen LogP) is 1.38. The minimum atomic E-state index is 0.0706. The van der Waals surface area contributed by atoms with Crippen molar-refractivity contribution < 1.29 is 10.2 Å². The molecule has 0 heterocycles. The number of hydrogen-bond acceptors (Lipinski definition) is 3. The van der Waals surface area contributed by atoms with Crippen LogP contribution >= 0.6 is 0 Å². The lowest BCUT2D eigenvalue weighted by molar-refractivity contribution is 0.208. The summed E-state index contributed by atoms with van der Waals surface area (Å²) in [4.78, 5) is 1.99. The fraction of sp³-hybridized carbons (Fsp3) is 0.455. The second-order valence-corrected chi connectivity index (χ2v) is 3.55. The van der Waals surface area contributed by atoms with E-state index < -0.39 is 0 Å². The maximum Gasteiger partial charge on any atom is 0.120 e. The molecular weight excluding hydrogens is 178 g/mol. The van der Waals surface area contributed by atoms with Gasteiger partial charge >= 0.3 is 0 Å². The molecule has 0 saturated heterocycles. The van der Waals surface area contributed by atoms with E-state index in [4.69, 9.17) is 5.11 Å². The summed E-state index contributed by atoms with van der Waals surface area (Å²) in [6, 6.07) is 7.31. The van der Waals surface area contributed by atoms with Crippen molar-refractivity contribution in [3.05, 3.63) is 29.8 Å². The Morgan fingerprint density at radius 1 is 1.29 bits per heavy atom. The summed E-state index contributed by atoms with van der Waals surface area (Å²) in [5.74, 6) is 0.291. The van der Waals surface area contributed by atoms with Crippen LogP contribution < -0.4 is 0 Å². The van der Waals surface area contributed by atoms with Crippen LogP contribution in [-0.4, -0.2) is 35.8 Å². The maximum absolute atomic E-state index is 9.65. The van der Waals surface area contributed by atoms with Crippen LogP contribution in [-0.2, 0) is 0 Å². The van der Waals surface area contributed by atoms with Gasteiger partial charge in [0.1, 0.15) is 5.75 Å². The van der Waals surface area contributed by atoms with Gasteiger partial charge in [-0.05, 0) is 26.6 Å². The van der Waals surface area contributed by atoms with Crippen LogP contribution in [0.3, 0.4) is 0 Å². The monoisotopic (exact) mass is 195 g/mol. The summed E-state index contributed by atoms with van der Waals surface area (Å²) in [7, 11) is 3.87. The van der Waals surface area contributed by atoms with Gasteiger partial charge in [-0.3, -0.25) is 0 Å². The zero-order valence-electron chi connectivity index (χ0n) is 8.64. The van der Waals surface area contributed by atoms with Crippen molar-refractivity contribution >= 4 is 0 Å². The van der Waals surface area contributed by atoms with Crippen LogP contribution in [0.4, 0.5) is 0 Å². The zero-order valence-corrected chi connectivity index (χ0v) is 8.64. The maximum atomic E-state index is 9.65. The summed E-state index contributed by atoms with van der Waals surface area (Å²) in [5.41, 5.74) is 0.867. The van der Waals surface area contributed by atoms with Crippen LogP contribution in [0.15, 0.2) is 24.3 Å². The third kappa shape index (κ3) is 2.47. The number of aliphatic hydroxyl groups excluding tert-OH is 1. The second-order valence-electron chi connectivity index (χ2n) is 3.55. The molecule has 1 aromatic carbocycles. The molecule has 78 valence electrons. The number of hydrogen-bond donors (Lipinski definition) is 2. The molecule has 0 radical (unpaired) electrons. The van der Waals surface area contributed by atoms with E-state index in [0.29, 0.717) is 12.2 Å². The average molecular weight is 195 g/mol. The Kier molecular flexibility index (Phi) is 3.92. The third-order valence-electron chi connectivity index (χ3n) is 2.32. The van der Waals surface area contributed by atoms with E-state index in [1.165, 1.54) is 0 Å². The Labute approximate surface area is 84.6 Å². The number of aromatic hydroxyl groups is 1. The molecule has 1 unspecified atom stereocenters. The van der Waals surface area contributed by atoms with Gasteiger partial charge < -0.3 is 15.1 Å². The van der Waals surface area contributed by atoms with Crippen molar-refractivity contribution in [3.63, 3.8) is 0 Å². The third-order valence-corrected chi connectivity index (χ3v) is 2.32. The molecule has 0 aromatic heterocycles. The summed E-state index contributed by atoms with van der Waals surface area (Å²) in [6.45, 7) is 0.122. The molecule has 3 nitrogen and oxygen atoms in total.